The fraction of sp³-hybridized carbons (Fsp3) is 0.700. The minimum atomic E-state index is 0.202. The highest BCUT2D eigenvalue weighted by Gasteiger charge is 2.06. The van der Waals surface area contributed by atoms with Crippen LogP contribution in [0.15, 0.2) is 0 Å². The van der Waals surface area contributed by atoms with E-state index in [9.17, 15) is 0 Å². The van der Waals surface area contributed by atoms with Crippen molar-refractivity contribution in [2.45, 2.75) is 38.5 Å². The number of unbranched alkanes of at least 4 members (excludes halogenated alkanes) is 2. The third-order valence-corrected chi connectivity index (χ3v) is 1.91. The van der Waals surface area contributed by atoms with Gasteiger partial charge in [-0.3, -0.25) is 0 Å². The fourth-order valence-electron chi connectivity index (χ4n) is 1.17. The van der Waals surface area contributed by atoms with E-state index in [-0.39, 0.29) is 5.92 Å². The molecule has 0 heterocycles. The van der Waals surface area contributed by atoms with Gasteiger partial charge in [0.15, 0.2) is 0 Å². The third-order valence-electron chi connectivity index (χ3n) is 1.91. The Morgan fingerprint density at radius 2 is 1.46 bits per heavy atom. The highest BCUT2D eigenvalue weighted by atomic mass is 14.3. The van der Waals surface area contributed by atoms with Crippen LogP contribution in [0, 0.1) is 39.9 Å². The van der Waals surface area contributed by atoms with Gasteiger partial charge in [-0.1, -0.05) is 6.42 Å². The highest BCUT2D eigenvalue weighted by Crippen LogP contribution is 2.16. The molecule has 3 nitrogen and oxygen atoms in total. The molecule has 68 valence electrons. The summed E-state index contributed by atoms with van der Waals surface area (Å²) in [6.07, 6.45) is 4.21. The van der Waals surface area contributed by atoms with Crippen molar-refractivity contribution in [1.82, 2.24) is 0 Å². The van der Waals surface area contributed by atoms with E-state index in [1.54, 1.807) is 0 Å². The minimum Gasteiger partial charge on any atom is -0.198 e. The van der Waals surface area contributed by atoms with Gasteiger partial charge >= 0.3 is 0 Å². The molecule has 0 radical (unpaired) electrons. The first-order valence-electron chi connectivity index (χ1n) is 4.46. The van der Waals surface area contributed by atoms with Crippen molar-refractivity contribution in [3.05, 3.63) is 0 Å². The standard InChI is InChI=1S/C10H13N3/c11-7-3-1-2-4-10(5-8-12)6-9-13/h10H,1-6H2. The Labute approximate surface area is 79.2 Å². The molecule has 0 N–H and O–H groups in total. The van der Waals surface area contributed by atoms with Gasteiger partial charge in [-0.2, -0.15) is 15.8 Å². The van der Waals surface area contributed by atoms with Crippen LogP contribution in [0.4, 0.5) is 0 Å². The quantitative estimate of drug-likeness (QED) is 0.582. The Morgan fingerprint density at radius 3 is 1.92 bits per heavy atom. The van der Waals surface area contributed by atoms with Crippen molar-refractivity contribution >= 4 is 0 Å². The van der Waals surface area contributed by atoms with Gasteiger partial charge in [-0.25, -0.2) is 0 Å². The molecule has 0 aromatic carbocycles. The van der Waals surface area contributed by atoms with Crippen LogP contribution in [0.5, 0.6) is 0 Å². The first-order chi connectivity index (χ1) is 6.35. The van der Waals surface area contributed by atoms with E-state index in [4.69, 9.17) is 15.8 Å². The lowest BCUT2D eigenvalue weighted by atomic mass is 9.96. The molecule has 0 fully saturated rings. The second-order valence-corrected chi connectivity index (χ2v) is 2.99. The topological polar surface area (TPSA) is 71.4 Å². The van der Waals surface area contributed by atoms with E-state index in [2.05, 4.69) is 18.2 Å². The molecule has 0 bridgehead atoms. The van der Waals surface area contributed by atoms with Crippen LogP contribution in [0.25, 0.3) is 0 Å². The molecule has 3 heteroatoms. The maximum Gasteiger partial charge on any atom is 0.0625 e. The molecule has 13 heavy (non-hydrogen) atoms. The molecule has 0 rings (SSSR count). The molecule has 0 unspecified atom stereocenters. The number of hydrogen-bond donors (Lipinski definition) is 0. The zero-order valence-corrected chi connectivity index (χ0v) is 7.66. The summed E-state index contributed by atoms with van der Waals surface area (Å²) in [7, 11) is 0. The van der Waals surface area contributed by atoms with Gasteiger partial charge in [-0.15, -0.1) is 0 Å². The Kier molecular flexibility index (Phi) is 7.56. The molecule has 0 spiro atoms. The van der Waals surface area contributed by atoms with E-state index in [1.807, 2.05) is 0 Å². The highest BCUT2D eigenvalue weighted by molar-refractivity contribution is 4.83. The van der Waals surface area contributed by atoms with Gasteiger partial charge in [0.1, 0.15) is 0 Å². The first-order valence-corrected chi connectivity index (χ1v) is 4.46. The molecule has 0 aliphatic rings. The van der Waals surface area contributed by atoms with Crippen molar-refractivity contribution in [2.24, 2.45) is 5.92 Å². The van der Waals surface area contributed by atoms with Crippen LogP contribution in [0.1, 0.15) is 38.5 Å². The van der Waals surface area contributed by atoms with Crippen molar-refractivity contribution < 1.29 is 0 Å². The largest absolute Gasteiger partial charge is 0.198 e. The fourth-order valence-corrected chi connectivity index (χ4v) is 1.17. The first kappa shape index (κ1) is 11.5. The van der Waals surface area contributed by atoms with Gasteiger partial charge in [0, 0.05) is 19.3 Å². The summed E-state index contributed by atoms with van der Waals surface area (Å²) >= 11 is 0. The summed E-state index contributed by atoms with van der Waals surface area (Å²) in [5.41, 5.74) is 0. The lowest BCUT2D eigenvalue weighted by Crippen LogP contribution is -1.97. The van der Waals surface area contributed by atoms with E-state index in [1.165, 1.54) is 0 Å². The molecule has 0 aromatic heterocycles. The van der Waals surface area contributed by atoms with Crippen LogP contribution in [-0.4, -0.2) is 0 Å². The van der Waals surface area contributed by atoms with E-state index >= 15 is 0 Å². The summed E-state index contributed by atoms with van der Waals surface area (Å²) in [6, 6.07) is 6.23. The zero-order chi connectivity index (χ0) is 9.94. The average molecular weight is 175 g/mol. The molecule has 0 saturated carbocycles. The van der Waals surface area contributed by atoms with Gasteiger partial charge < -0.3 is 0 Å². The molecule has 0 atom stereocenters. The van der Waals surface area contributed by atoms with Crippen molar-refractivity contribution in [1.29, 1.82) is 15.8 Å². The maximum atomic E-state index is 8.45. The molecule has 0 aliphatic heterocycles. The van der Waals surface area contributed by atoms with Crippen LogP contribution in [0.2, 0.25) is 0 Å². The Morgan fingerprint density at radius 1 is 0.846 bits per heavy atom. The number of nitrogens with zero attached hydrogens (tertiary/aromatic N) is 3. The lowest BCUT2D eigenvalue weighted by molar-refractivity contribution is 0.478. The van der Waals surface area contributed by atoms with Crippen molar-refractivity contribution in [2.75, 3.05) is 0 Å². The number of nitriles is 3. The third kappa shape index (κ3) is 6.85. The van der Waals surface area contributed by atoms with Gasteiger partial charge in [0.2, 0.25) is 0 Å². The smallest absolute Gasteiger partial charge is 0.0625 e. The van der Waals surface area contributed by atoms with E-state index < -0.39 is 0 Å². The Balaban J connectivity index is 3.54. The number of hydrogen-bond acceptors (Lipinski definition) is 3. The zero-order valence-electron chi connectivity index (χ0n) is 7.66. The minimum absolute atomic E-state index is 0.202. The van der Waals surface area contributed by atoms with Gasteiger partial charge in [-0.05, 0) is 18.8 Å². The molecule has 0 saturated heterocycles. The Bertz CT molecular complexity index is 222. The predicted molar refractivity (Wildman–Crippen MR) is 48.0 cm³/mol. The predicted octanol–water partition coefficient (Wildman–Crippen LogP) is 2.51. The Hall–Kier alpha value is -1.53. The second-order valence-electron chi connectivity index (χ2n) is 2.99. The summed E-state index contributed by atoms with van der Waals surface area (Å²) < 4.78 is 0. The molecular weight excluding hydrogens is 162 g/mol. The maximum absolute atomic E-state index is 8.45. The monoisotopic (exact) mass is 175 g/mol. The normalized spacial score (nSPS) is 8.77. The molecule has 0 aromatic rings. The van der Waals surface area contributed by atoms with E-state index in [0.29, 0.717) is 19.3 Å². The van der Waals surface area contributed by atoms with Crippen LogP contribution in [-0.2, 0) is 0 Å². The SMILES string of the molecule is N#CCCCCC(CC#N)CC#N. The second kappa shape index (κ2) is 8.57. The summed E-state index contributed by atoms with van der Waals surface area (Å²) in [5, 5.41) is 25.2. The van der Waals surface area contributed by atoms with Crippen LogP contribution < -0.4 is 0 Å². The van der Waals surface area contributed by atoms with Crippen LogP contribution >= 0.6 is 0 Å². The summed E-state index contributed by atoms with van der Waals surface area (Å²) in [4.78, 5) is 0. The lowest BCUT2D eigenvalue weighted by Gasteiger charge is -2.07. The van der Waals surface area contributed by atoms with Crippen LogP contribution in [0.3, 0.4) is 0 Å². The van der Waals surface area contributed by atoms with E-state index in [0.717, 1.165) is 19.3 Å². The average Bonchev–Trinajstić information content (AvgIpc) is 2.13. The molecular formula is C10H13N3. The number of rotatable bonds is 6. The summed E-state index contributed by atoms with van der Waals surface area (Å²) in [6.45, 7) is 0. The van der Waals surface area contributed by atoms with Crippen molar-refractivity contribution in [3.8, 4) is 18.2 Å². The van der Waals surface area contributed by atoms with Gasteiger partial charge in [0.05, 0.1) is 18.2 Å². The molecule has 0 amide bonds. The van der Waals surface area contributed by atoms with Crippen molar-refractivity contribution in [3.63, 3.8) is 0 Å². The molecule has 0 aliphatic carbocycles. The van der Waals surface area contributed by atoms with Gasteiger partial charge in [0.25, 0.3) is 0 Å². The summed E-state index contributed by atoms with van der Waals surface area (Å²) in [5.74, 6) is 0.202.